The lowest BCUT2D eigenvalue weighted by atomic mass is 9.64. The van der Waals surface area contributed by atoms with Crippen LogP contribution in [0.25, 0.3) is 11.4 Å². The first-order chi connectivity index (χ1) is 16.1. The van der Waals surface area contributed by atoms with Crippen LogP contribution in [0.2, 0.25) is 0 Å². The fourth-order valence-electron chi connectivity index (χ4n) is 5.12. The van der Waals surface area contributed by atoms with E-state index >= 15 is 0 Å². The molecular weight excluding hydrogens is 456 g/mol. The van der Waals surface area contributed by atoms with Gasteiger partial charge in [0.2, 0.25) is 11.8 Å². The molecule has 2 unspecified atom stereocenters. The highest BCUT2D eigenvalue weighted by Crippen LogP contribution is 2.55. The fraction of sp³-hybridized carbons (Fsp3) is 0.409. The van der Waals surface area contributed by atoms with Gasteiger partial charge in [-0.1, -0.05) is 6.92 Å². The second kappa shape index (κ2) is 7.74. The summed E-state index contributed by atoms with van der Waals surface area (Å²) >= 11 is 0. The molecule has 178 valence electrons. The molecule has 2 aliphatic rings. The molecule has 2 aromatic heterocycles. The SMILES string of the molecule is Cc1nnc(C23CC(C[C@H](C)C2)N3C(=O)Nc2ccc(C(F)(F)F)c(-c3ncc(F)cn3)c2)o1. The number of anilines is 1. The van der Waals surface area contributed by atoms with Crippen LogP contribution in [0.5, 0.6) is 0 Å². The van der Waals surface area contributed by atoms with Crippen molar-refractivity contribution in [3.63, 3.8) is 0 Å². The summed E-state index contributed by atoms with van der Waals surface area (Å²) in [7, 11) is 0. The number of carbonyl (C=O) groups is 1. The van der Waals surface area contributed by atoms with Gasteiger partial charge in [0, 0.05) is 30.6 Å². The molecule has 2 amide bonds. The van der Waals surface area contributed by atoms with Crippen LogP contribution >= 0.6 is 0 Å². The monoisotopic (exact) mass is 476 g/mol. The van der Waals surface area contributed by atoms with E-state index in [1.54, 1.807) is 11.8 Å². The molecule has 1 aliphatic heterocycles. The number of nitrogens with one attached hydrogen (secondary N) is 1. The van der Waals surface area contributed by atoms with Gasteiger partial charge >= 0.3 is 12.2 Å². The summed E-state index contributed by atoms with van der Waals surface area (Å²) in [6.45, 7) is 3.76. The third-order valence-corrected chi connectivity index (χ3v) is 6.34. The minimum absolute atomic E-state index is 0.0506. The van der Waals surface area contributed by atoms with E-state index in [2.05, 4.69) is 32.4 Å². The molecule has 2 bridgehead atoms. The molecule has 3 heterocycles. The third kappa shape index (κ3) is 3.66. The number of nitrogens with zero attached hydrogens (tertiary/aromatic N) is 5. The van der Waals surface area contributed by atoms with Crippen LogP contribution in [0, 0.1) is 18.7 Å². The van der Waals surface area contributed by atoms with E-state index in [0.717, 1.165) is 37.0 Å². The first kappa shape index (κ1) is 22.2. The smallest absolute Gasteiger partial charge is 0.417 e. The van der Waals surface area contributed by atoms with Crippen molar-refractivity contribution in [2.24, 2.45) is 5.92 Å². The minimum atomic E-state index is -4.69. The number of benzene rings is 1. The molecular formula is C22H20F4N6O2. The van der Waals surface area contributed by atoms with Gasteiger partial charge in [-0.25, -0.2) is 19.2 Å². The Kier molecular flexibility index (Phi) is 5.06. The predicted molar refractivity (Wildman–Crippen MR) is 111 cm³/mol. The molecule has 3 aromatic rings. The largest absolute Gasteiger partial charge is 0.423 e. The Morgan fingerprint density at radius 2 is 1.94 bits per heavy atom. The van der Waals surface area contributed by atoms with Crippen molar-refractivity contribution >= 4 is 11.7 Å². The van der Waals surface area contributed by atoms with Crippen molar-refractivity contribution in [3.8, 4) is 11.4 Å². The number of halogens is 4. The molecule has 5 rings (SSSR count). The van der Waals surface area contributed by atoms with Gasteiger partial charge in [0.25, 0.3) is 0 Å². The van der Waals surface area contributed by atoms with E-state index in [0.29, 0.717) is 30.5 Å². The number of amides is 2. The summed E-state index contributed by atoms with van der Waals surface area (Å²) in [6.07, 6.45) is -1.02. The number of carbonyl (C=O) groups excluding carboxylic acids is 1. The van der Waals surface area contributed by atoms with Crippen LogP contribution in [-0.2, 0) is 11.7 Å². The number of rotatable bonds is 3. The number of hydrogen-bond donors (Lipinski definition) is 1. The molecule has 12 heteroatoms. The lowest BCUT2D eigenvalue weighted by Gasteiger charge is -2.61. The Labute approximate surface area is 191 Å². The number of likely N-dealkylation sites (tertiary alicyclic amines) is 1. The van der Waals surface area contributed by atoms with E-state index in [-0.39, 0.29) is 23.1 Å². The van der Waals surface area contributed by atoms with Gasteiger partial charge in [-0.15, -0.1) is 10.2 Å². The van der Waals surface area contributed by atoms with Gasteiger partial charge in [0.05, 0.1) is 18.0 Å². The minimum Gasteiger partial charge on any atom is -0.423 e. The second-order valence-corrected chi connectivity index (χ2v) is 8.84. The summed E-state index contributed by atoms with van der Waals surface area (Å²) in [5.74, 6) is -0.00341. The zero-order valence-corrected chi connectivity index (χ0v) is 18.2. The lowest BCUT2D eigenvalue weighted by Crippen LogP contribution is -2.70. The molecule has 0 radical (unpaired) electrons. The van der Waals surface area contributed by atoms with Crippen molar-refractivity contribution < 1.29 is 26.8 Å². The van der Waals surface area contributed by atoms with Crippen LogP contribution in [0.15, 0.2) is 35.0 Å². The lowest BCUT2D eigenvalue weighted by molar-refractivity contribution is -0.137. The first-order valence-corrected chi connectivity index (χ1v) is 10.7. The molecule has 8 nitrogen and oxygen atoms in total. The van der Waals surface area contributed by atoms with Gasteiger partial charge < -0.3 is 14.6 Å². The zero-order chi connectivity index (χ0) is 24.3. The third-order valence-electron chi connectivity index (χ3n) is 6.34. The standard InChI is InChI=1S/C22H20F4N6O2/c1-11-5-15-8-21(7-11,19-31-30-12(2)34-19)32(15)20(33)29-14-3-4-17(22(24,25)26)16(6-14)18-27-9-13(23)10-28-18/h3-4,6,9-11,15H,5,7-8H2,1-2H3,(H,29,33)/t11-,15?,21?/m0/s1. The van der Waals surface area contributed by atoms with Crippen LogP contribution in [0.4, 0.5) is 28.0 Å². The summed E-state index contributed by atoms with van der Waals surface area (Å²) < 4.78 is 59.6. The highest BCUT2D eigenvalue weighted by atomic mass is 19.4. The van der Waals surface area contributed by atoms with Gasteiger partial charge in [0.15, 0.2) is 11.6 Å². The molecule has 1 N–H and O–H groups in total. The number of aromatic nitrogens is 4. The number of hydrogen-bond acceptors (Lipinski definition) is 6. The predicted octanol–water partition coefficient (Wildman–Crippen LogP) is 4.92. The van der Waals surface area contributed by atoms with Crippen LogP contribution in [0.1, 0.15) is 43.5 Å². The van der Waals surface area contributed by atoms with Gasteiger partial charge in [0.1, 0.15) is 5.54 Å². The van der Waals surface area contributed by atoms with Crippen molar-refractivity contribution in [3.05, 3.63) is 53.8 Å². The number of aryl methyl sites for hydroxylation is 1. The Morgan fingerprint density at radius 3 is 2.59 bits per heavy atom. The molecule has 3 atom stereocenters. The molecule has 1 saturated carbocycles. The first-order valence-electron chi connectivity index (χ1n) is 10.7. The normalized spacial score (nSPS) is 24.0. The molecule has 1 aromatic carbocycles. The van der Waals surface area contributed by atoms with Gasteiger partial charge in [-0.3, -0.25) is 0 Å². The molecule has 1 aliphatic carbocycles. The van der Waals surface area contributed by atoms with E-state index in [9.17, 15) is 22.4 Å². The van der Waals surface area contributed by atoms with Crippen molar-refractivity contribution in [2.75, 3.05) is 5.32 Å². The number of fused-ring (bicyclic) bond motifs is 2. The average Bonchev–Trinajstić information content (AvgIpc) is 3.19. The highest BCUT2D eigenvalue weighted by molar-refractivity contribution is 5.92. The highest BCUT2D eigenvalue weighted by Gasteiger charge is 2.62. The number of alkyl halides is 3. The van der Waals surface area contributed by atoms with Gasteiger partial charge in [-0.2, -0.15) is 13.2 Å². The van der Waals surface area contributed by atoms with Crippen molar-refractivity contribution in [1.82, 2.24) is 25.1 Å². The summed E-state index contributed by atoms with van der Waals surface area (Å²) in [6, 6.07) is 2.61. The van der Waals surface area contributed by atoms with E-state index in [1.807, 2.05) is 0 Å². The van der Waals surface area contributed by atoms with E-state index in [4.69, 9.17) is 4.42 Å². The maximum Gasteiger partial charge on any atom is 0.417 e. The maximum absolute atomic E-state index is 13.6. The van der Waals surface area contributed by atoms with Crippen LogP contribution in [0.3, 0.4) is 0 Å². The zero-order valence-electron chi connectivity index (χ0n) is 18.2. The number of urea groups is 1. The average molecular weight is 476 g/mol. The second-order valence-electron chi connectivity index (χ2n) is 8.84. The summed E-state index contributed by atoms with van der Waals surface area (Å²) in [5.41, 5.74) is -1.99. The Bertz CT molecular complexity index is 1240. The summed E-state index contributed by atoms with van der Waals surface area (Å²) in [5, 5.41) is 10.7. The van der Waals surface area contributed by atoms with Gasteiger partial charge in [-0.05, 0) is 37.0 Å². The number of piperidine rings is 1. The molecule has 1 saturated heterocycles. The quantitative estimate of drug-likeness (QED) is 0.539. The fourth-order valence-corrected chi connectivity index (χ4v) is 5.12. The molecule has 0 spiro atoms. The Morgan fingerprint density at radius 1 is 1.21 bits per heavy atom. The Hall–Kier alpha value is -3.57. The maximum atomic E-state index is 13.6. The van der Waals surface area contributed by atoms with Crippen molar-refractivity contribution in [1.29, 1.82) is 0 Å². The van der Waals surface area contributed by atoms with Crippen LogP contribution < -0.4 is 5.32 Å². The van der Waals surface area contributed by atoms with E-state index in [1.165, 1.54) is 0 Å². The van der Waals surface area contributed by atoms with Crippen LogP contribution in [-0.4, -0.2) is 37.1 Å². The van der Waals surface area contributed by atoms with E-state index < -0.39 is 29.1 Å². The summed E-state index contributed by atoms with van der Waals surface area (Å²) in [4.78, 5) is 22.3. The topological polar surface area (TPSA) is 97.0 Å². The Balaban J connectivity index is 1.47. The molecule has 34 heavy (non-hydrogen) atoms. The van der Waals surface area contributed by atoms with Crippen molar-refractivity contribution in [2.45, 2.75) is 50.9 Å². The molecule has 2 fully saturated rings.